The van der Waals surface area contributed by atoms with E-state index in [1.54, 1.807) is 25.3 Å². The van der Waals surface area contributed by atoms with Crippen molar-refractivity contribution in [2.45, 2.75) is 32.7 Å². The number of methoxy groups -OCH3 is 1. The van der Waals surface area contributed by atoms with Crippen LogP contribution in [0.1, 0.15) is 42.5 Å². The van der Waals surface area contributed by atoms with Gasteiger partial charge in [0.1, 0.15) is 17.3 Å². The molecule has 0 radical (unpaired) electrons. The fraction of sp³-hybridized carbons (Fsp3) is 0.233. The second-order valence-corrected chi connectivity index (χ2v) is 10.1. The molecule has 0 saturated carbocycles. The quantitative estimate of drug-likeness (QED) is 0.123. The van der Waals surface area contributed by atoms with Gasteiger partial charge in [0.15, 0.2) is 5.13 Å². The highest BCUT2D eigenvalue weighted by Gasteiger charge is 2.48. The third-order valence-electron chi connectivity index (χ3n) is 6.52. The Morgan fingerprint density at radius 2 is 1.74 bits per heavy atom. The standard InChI is InChI=1S/C30H28N2O5S/c1-4-5-16-37-21-12-10-19(11-13-21)26-25(27(33)20-8-6-18(2)7-9-20)28(34)29(35)32(26)30-31-23-15-14-22(36-3)17-24(23)38-30/h6-15,17,26,33H,4-5,16H2,1-3H3/b27-25+. The molecule has 4 aromatic rings. The number of unbranched alkanes of at least 4 members (excludes halogenated alkanes) is 1. The Hall–Kier alpha value is -4.17. The molecule has 1 fully saturated rings. The van der Waals surface area contributed by atoms with Crippen molar-refractivity contribution >= 4 is 44.1 Å². The smallest absolute Gasteiger partial charge is 0.301 e. The molecule has 1 aromatic heterocycles. The first-order valence-corrected chi connectivity index (χ1v) is 13.3. The highest BCUT2D eigenvalue weighted by Crippen LogP contribution is 2.44. The van der Waals surface area contributed by atoms with E-state index in [-0.39, 0.29) is 11.3 Å². The summed E-state index contributed by atoms with van der Waals surface area (Å²) in [7, 11) is 1.59. The van der Waals surface area contributed by atoms with Gasteiger partial charge in [-0.15, -0.1) is 0 Å². The number of carbonyl (C=O) groups excluding carboxylic acids is 2. The van der Waals surface area contributed by atoms with E-state index in [1.165, 1.54) is 16.2 Å². The second kappa shape index (κ2) is 10.7. The van der Waals surface area contributed by atoms with Gasteiger partial charge in [-0.25, -0.2) is 4.98 Å². The maximum absolute atomic E-state index is 13.5. The highest BCUT2D eigenvalue weighted by molar-refractivity contribution is 7.22. The van der Waals surface area contributed by atoms with E-state index < -0.39 is 17.7 Å². The molecule has 38 heavy (non-hydrogen) atoms. The van der Waals surface area contributed by atoms with E-state index in [4.69, 9.17) is 9.47 Å². The molecule has 1 saturated heterocycles. The van der Waals surface area contributed by atoms with Crippen molar-refractivity contribution in [1.29, 1.82) is 0 Å². The maximum atomic E-state index is 13.5. The van der Waals surface area contributed by atoms with Gasteiger partial charge in [-0.2, -0.15) is 0 Å². The van der Waals surface area contributed by atoms with E-state index in [2.05, 4.69) is 11.9 Å². The summed E-state index contributed by atoms with van der Waals surface area (Å²) in [4.78, 5) is 33.0. The predicted molar refractivity (Wildman–Crippen MR) is 149 cm³/mol. The van der Waals surface area contributed by atoms with Crippen LogP contribution in [0.2, 0.25) is 0 Å². The molecule has 194 valence electrons. The number of ketones is 1. The number of rotatable bonds is 8. The monoisotopic (exact) mass is 528 g/mol. The van der Waals surface area contributed by atoms with Gasteiger partial charge in [-0.05, 0) is 49.2 Å². The van der Waals surface area contributed by atoms with Crippen molar-refractivity contribution in [1.82, 2.24) is 4.98 Å². The highest BCUT2D eigenvalue weighted by atomic mass is 32.1. The van der Waals surface area contributed by atoms with Crippen LogP contribution in [0.15, 0.2) is 72.3 Å². The molecule has 0 aliphatic carbocycles. The summed E-state index contributed by atoms with van der Waals surface area (Å²) in [5.74, 6) is -0.345. The van der Waals surface area contributed by atoms with E-state index in [9.17, 15) is 14.7 Å². The van der Waals surface area contributed by atoms with E-state index in [0.29, 0.717) is 39.9 Å². The lowest BCUT2D eigenvalue weighted by Gasteiger charge is -2.23. The molecule has 1 amide bonds. The molecule has 5 rings (SSSR count). The van der Waals surface area contributed by atoms with Gasteiger partial charge in [-0.3, -0.25) is 14.5 Å². The first kappa shape index (κ1) is 25.5. The van der Waals surface area contributed by atoms with Crippen LogP contribution in [0.4, 0.5) is 5.13 Å². The van der Waals surface area contributed by atoms with Gasteiger partial charge in [-0.1, -0.05) is 66.6 Å². The zero-order chi connectivity index (χ0) is 26.8. The SMILES string of the molecule is CCCCOc1ccc(C2/C(=C(\O)c3ccc(C)cc3)C(=O)C(=O)N2c2nc3ccc(OC)cc3s2)cc1. The Morgan fingerprint density at radius 3 is 2.42 bits per heavy atom. The number of hydrogen-bond acceptors (Lipinski definition) is 7. The van der Waals surface area contributed by atoms with E-state index in [1.807, 2.05) is 55.5 Å². The van der Waals surface area contributed by atoms with Crippen LogP contribution >= 0.6 is 11.3 Å². The molecular formula is C30H28N2O5S. The van der Waals surface area contributed by atoms with Crippen molar-refractivity contribution in [2.75, 3.05) is 18.6 Å². The molecule has 0 bridgehead atoms. The van der Waals surface area contributed by atoms with Crippen LogP contribution in [-0.2, 0) is 9.59 Å². The number of aliphatic hydroxyl groups excluding tert-OH is 1. The summed E-state index contributed by atoms with van der Waals surface area (Å²) < 4.78 is 12.0. The minimum absolute atomic E-state index is 0.0235. The van der Waals surface area contributed by atoms with Gasteiger partial charge in [0.05, 0.1) is 35.5 Å². The predicted octanol–water partition coefficient (Wildman–Crippen LogP) is 6.42. The number of aromatic nitrogens is 1. The summed E-state index contributed by atoms with van der Waals surface area (Å²) in [6.45, 7) is 4.65. The number of fused-ring (bicyclic) bond motifs is 1. The Labute approximate surface area is 225 Å². The van der Waals surface area contributed by atoms with Gasteiger partial charge in [0, 0.05) is 5.56 Å². The average Bonchev–Trinajstić information content (AvgIpc) is 3.46. The zero-order valence-corrected chi connectivity index (χ0v) is 22.2. The molecule has 2 heterocycles. The lowest BCUT2D eigenvalue weighted by Crippen LogP contribution is -2.29. The number of nitrogens with zero attached hydrogens (tertiary/aromatic N) is 2. The number of hydrogen-bond donors (Lipinski definition) is 1. The maximum Gasteiger partial charge on any atom is 0.301 e. The number of aliphatic hydroxyl groups is 1. The number of amides is 1. The van der Waals surface area contributed by atoms with Crippen LogP contribution in [0.25, 0.3) is 16.0 Å². The van der Waals surface area contributed by atoms with Gasteiger partial charge >= 0.3 is 5.91 Å². The second-order valence-electron chi connectivity index (χ2n) is 9.14. The van der Waals surface area contributed by atoms with Crippen LogP contribution < -0.4 is 14.4 Å². The lowest BCUT2D eigenvalue weighted by atomic mass is 9.95. The molecule has 0 spiro atoms. The molecule has 1 aliphatic rings. The Kier molecular flexibility index (Phi) is 7.15. The summed E-state index contributed by atoms with van der Waals surface area (Å²) in [5, 5.41) is 11.7. The Morgan fingerprint density at radius 1 is 1.03 bits per heavy atom. The Balaban J connectivity index is 1.63. The molecule has 1 unspecified atom stereocenters. The van der Waals surface area contributed by atoms with Gasteiger partial charge in [0.25, 0.3) is 5.78 Å². The van der Waals surface area contributed by atoms with Crippen LogP contribution in [0.3, 0.4) is 0 Å². The van der Waals surface area contributed by atoms with Gasteiger partial charge in [0.2, 0.25) is 0 Å². The first-order chi connectivity index (χ1) is 18.4. The largest absolute Gasteiger partial charge is 0.507 e. The van der Waals surface area contributed by atoms with Crippen molar-refractivity contribution in [3.63, 3.8) is 0 Å². The number of thiazole rings is 1. The molecule has 3 aromatic carbocycles. The molecule has 1 N–H and O–H groups in total. The fourth-order valence-electron chi connectivity index (χ4n) is 4.42. The summed E-state index contributed by atoms with van der Waals surface area (Å²) in [6, 6.07) is 19.1. The zero-order valence-electron chi connectivity index (χ0n) is 21.4. The van der Waals surface area contributed by atoms with Crippen molar-refractivity contribution in [2.24, 2.45) is 0 Å². The molecule has 7 nitrogen and oxygen atoms in total. The number of anilines is 1. The van der Waals surface area contributed by atoms with E-state index in [0.717, 1.165) is 23.1 Å². The normalized spacial score (nSPS) is 16.8. The number of benzene rings is 3. The topological polar surface area (TPSA) is 89.0 Å². The minimum Gasteiger partial charge on any atom is -0.507 e. The van der Waals surface area contributed by atoms with Crippen LogP contribution in [-0.4, -0.2) is 35.5 Å². The molecular weight excluding hydrogens is 500 g/mol. The average molecular weight is 529 g/mol. The fourth-order valence-corrected chi connectivity index (χ4v) is 5.44. The van der Waals surface area contributed by atoms with Crippen LogP contribution in [0, 0.1) is 6.92 Å². The summed E-state index contributed by atoms with van der Waals surface area (Å²) in [5.41, 5.74) is 2.85. The van der Waals surface area contributed by atoms with Crippen molar-refractivity contribution in [3.05, 3.63) is 89.0 Å². The molecule has 8 heteroatoms. The minimum atomic E-state index is -0.858. The van der Waals surface area contributed by atoms with Crippen molar-refractivity contribution < 1.29 is 24.2 Å². The first-order valence-electron chi connectivity index (χ1n) is 12.5. The van der Waals surface area contributed by atoms with E-state index >= 15 is 0 Å². The molecule has 1 aliphatic heterocycles. The summed E-state index contributed by atoms with van der Waals surface area (Å²) in [6.07, 6.45) is 1.97. The van der Waals surface area contributed by atoms with Crippen LogP contribution in [0.5, 0.6) is 11.5 Å². The third-order valence-corrected chi connectivity index (χ3v) is 7.54. The lowest BCUT2D eigenvalue weighted by molar-refractivity contribution is -0.132. The number of carbonyl (C=O) groups is 2. The third kappa shape index (κ3) is 4.75. The number of aryl methyl sites for hydroxylation is 1. The number of ether oxygens (including phenoxy) is 2. The summed E-state index contributed by atoms with van der Waals surface area (Å²) >= 11 is 1.29. The van der Waals surface area contributed by atoms with Gasteiger partial charge < -0.3 is 14.6 Å². The Bertz CT molecular complexity index is 1520. The van der Waals surface area contributed by atoms with Crippen molar-refractivity contribution in [3.8, 4) is 11.5 Å². The number of Topliss-reactive ketones (excluding diaryl/α,β-unsaturated/α-hetero) is 1. The molecule has 1 atom stereocenters.